The number of aliphatic carboxylic acids is 2. The molecule has 0 radical (unpaired) electrons. The molecule has 6 heteroatoms. The molecular formula is C6H10NNaO4. The standard InChI is InChI=1S/C6H9NO4.Na.H/c7-3-1-6(2-3,4(8)9)5(10)11;;/h3H,1-2,7H2,(H,8,9)(H,10,11);;/q;+1;-1. The molecule has 0 aromatic rings. The zero-order valence-electron chi connectivity index (χ0n) is 7.78. The van der Waals surface area contributed by atoms with Gasteiger partial charge in [0.25, 0.3) is 0 Å². The number of nitrogens with two attached hydrogens (primary N) is 1. The van der Waals surface area contributed by atoms with Gasteiger partial charge in [-0.1, -0.05) is 0 Å². The molecule has 5 nitrogen and oxygen atoms in total. The van der Waals surface area contributed by atoms with Crippen molar-refractivity contribution in [1.82, 2.24) is 0 Å². The molecule has 1 aliphatic rings. The third-order valence-corrected chi connectivity index (χ3v) is 2.04. The summed E-state index contributed by atoms with van der Waals surface area (Å²) in [6.45, 7) is 0. The minimum absolute atomic E-state index is 0. The van der Waals surface area contributed by atoms with E-state index in [1.54, 1.807) is 0 Å². The molecule has 0 aromatic heterocycles. The normalized spacial score (nSPS) is 20.4. The molecule has 0 spiro atoms. The van der Waals surface area contributed by atoms with E-state index in [-0.39, 0.29) is 49.9 Å². The molecule has 1 aliphatic carbocycles. The first-order chi connectivity index (χ1) is 4.99. The van der Waals surface area contributed by atoms with E-state index in [9.17, 15) is 9.59 Å². The SMILES string of the molecule is NC1CC(C(=O)O)(C(=O)O)C1.[H-].[Na+]. The maximum absolute atomic E-state index is 10.5. The minimum atomic E-state index is -1.60. The van der Waals surface area contributed by atoms with Gasteiger partial charge in [0, 0.05) is 6.04 Å². The van der Waals surface area contributed by atoms with Crippen molar-refractivity contribution in [3.05, 3.63) is 0 Å². The Kier molecular flexibility index (Phi) is 3.71. The van der Waals surface area contributed by atoms with Crippen molar-refractivity contribution in [3.8, 4) is 0 Å². The van der Waals surface area contributed by atoms with Gasteiger partial charge in [-0.05, 0) is 12.8 Å². The molecule has 64 valence electrons. The van der Waals surface area contributed by atoms with Crippen LogP contribution in [0, 0.1) is 5.41 Å². The zero-order chi connectivity index (χ0) is 8.65. The van der Waals surface area contributed by atoms with Crippen LogP contribution in [0.25, 0.3) is 0 Å². The molecule has 0 aromatic carbocycles. The maximum atomic E-state index is 10.5. The number of carboxylic acids is 2. The molecule has 1 saturated carbocycles. The monoisotopic (exact) mass is 183 g/mol. The predicted octanol–water partition coefficient (Wildman–Crippen LogP) is -3.62. The van der Waals surface area contributed by atoms with Crippen molar-refractivity contribution in [1.29, 1.82) is 0 Å². The summed E-state index contributed by atoms with van der Waals surface area (Å²) >= 11 is 0. The first-order valence-electron chi connectivity index (χ1n) is 3.21. The van der Waals surface area contributed by atoms with Gasteiger partial charge in [-0.3, -0.25) is 9.59 Å². The third kappa shape index (κ3) is 1.64. The van der Waals surface area contributed by atoms with Crippen LogP contribution >= 0.6 is 0 Å². The van der Waals surface area contributed by atoms with Gasteiger partial charge in [0.2, 0.25) is 0 Å². The number of rotatable bonds is 2. The van der Waals surface area contributed by atoms with Gasteiger partial charge in [-0.25, -0.2) is 0 Å². The summed E-state index contributed by atoms with van der Waals surface area (Å²) < 4.78 is 0. The fraction of sp³-hybridized carbons (Fsp3) is 0.667. The summed E-state index contributed by atoms with van der Waals surface area (Å²) in [7, 11) is 0. The summed E-state index contributed by atoms with van der Waals surface area (Å²) in [6.07, 6.45) is 0.0787. The van der Waals surface area contributed by atoms with E-state index in [4.69, 9.17) is 15.9 Å². The van der Waals surface area contributed by atoms with E-state index < -0.39 is 17.4 Å². The van der Waals surface area contributed by atoms with E-state index in [2.05, 4.69) is 0 Å². The van der Waals surface area contributed by atoms with Crippen LogP contribution in [0.5, 0.6) is 0 Å². The minimum Gasteiger partial charge on any atom is -1.00 e. The summed E-state index contributed by atoms with van der Waals surface area (Å²) in [5.74, 6) is -2.57. The van der Waals surface area contributed by atoms with Gasteiger partial charge in [-0.2, -0.15) is 0 Å². The Bertz CT molecular complexity index is 201. The Hall–Kier alpha value is -0.100. The second kappa shape index (κ2) is 3.74. The average Bonchev–Trinajstić information content (AvgIpc) is 1.78. The molecule has 0 atom stereocenters. The van der Waals surface area contributed by atoms with Crippen molar-refractivity contribution < 1.29 is 50.8 Å². The van der Waals surface area contributed by atoms with E-state index in [1.807, 2.05) is 0 Å². The molecule has 0 saturated heterocycles. The van der Waals surface area contributed by atoms with Gasteiger partial charge < -0.3 is 17.4 Å². The van der Waals surface area contributed by atoms with Crippen LogP contribution in [0.3, 0.4) is 0 Å². The van der Waals surface area contributed by atoms with Crippen LogP contribution in [-0.2, 0) is 9.59 Å². The number of hydrogen-bond acceptors (Lipinski definition) is 3. The fourth-order valence-electron chi connectivity index (χ4n) is 1.28. The molecule has 4 N–H and O–H groups in total. The Morgan fingerprint density at radius 3 is 1.75 bits per heavy atom. The smallest absolute Gasteiger partial charge is 1.00 e. The second-order valence-corrected chi connectivity index (χ2v) is 2.86. The van der Waals surface area contributed by atoms with Gasteiger partial charge in [0.1, 0.15) is 0 Å². The largest absolute Gasteiger partial charge is 1.00 e. The number of hydrogen-bond donors (Lipinski definition) is 3. The van der Waals surface area contributed by atoms with Crippen LogP contribution in [0.2, 0.25) is 0 Å². The molecule has 0 bridgehead atoms. The van der Waals surface area contributed by atoms with E-state index in [0.29, 0.717) is 0 Å². The molecule has 12 heavy (non-hydrogen) atoms. The van der Waals surface area contributed by atoms with E-state index in [1.165, 1.54) is 0 Å². The van der Waals surface area contributed by atoms with Crippen LogP contribution in [0.4, 0.5) is 0 Å². The Balaban J connectivity index is 0. The number of carbonyl (C=O) groups is 2. The quantitative estimate of drug-likeness (QED) is 0.303. The Morgan fingerprint density at radius 1 is 1.33 bits per heavy atom. The van der Waals surface area contributed by atoms with E-state index >= 15 is 0 Å². The molecule has 0 unspecified atom stereocenters. The molecule has 0 amide bonds. The predicted molar refractivity (Wildman–Crippen MR) is 36.0 cm³/mol. The van der Waals surface area contributed by atoms with Crippen LogP contribution < -0.4 is 35.3 Å². The van der Waals surface area contributed by atoms with Crippen molar-refractivity contribution in [2.24, 2.45) is 11.1 Å². The molecule has 1 rings (SSSR count). The maximum Gasteiger partial charge on any atom is 1.00 e. The average molecular weight is 183 g/mol. The second-order valence-electron chi connectivity index (χ2n) is 2.86. The van der Waals surface area contributed by atoms with Crippen molar-refractivity contribution >= 4 is 11.9 Å². The van der Waals surface area contributed by atoms with Crippen LogP contribution in [0.1, 0.15) is 14.3 Å². The zero-order valence-corrected chi connectivity index (χ0v) is 8.78. The molecule has 0 heterocycles. The van der Waals surface area contributed by atoms with Crippen molar-refractivity contribution in [2.75, 3.05) is 0 Å². The van der Waals surface area contributed by atoms with Crippen molar-refractivity contribution in [3.63, 3.8) is 0 Å². The van der Waals surface area contributed by atoms with Crippen molar-refractivity contribution in [2.45, 2.75) is 18.9 Å². The van der Waals surface area contributed by atoms with Gasteiger partial charge in [0.15, 0.2) is 5.41 Å². The van der Waals surface area contributed by atoms with Crippen LogP contribution in [-0.4, -0.2) is 28.2 Å². The summed E-state index contributed by atoms with van der Waals surface area (Å²) in [4.78, 5) is 20.9. The molecule has 0 aliphatic heterocycles. The van der Waals surface area contributed by atoms with Crippen LogP contribution in [0.15, 0.2) is 0 Å². The Morgan fingerprint density at radius 2 is 1.67 bits per heavy atom. The number of carboxylic acid groups (broad SMARTS) is 2. The topological polar surface area (TPSA) is 101 Å². The molecule has 1 fully saturated rings. The first-order valence-corrected chi connectivity index (χ1v) is 3.21. The van der Waals surface area contributed by atoms with Gasteiger partial charge in [-0.15, -0.1) is 0 Å². The summed E-state index contributed by atoms with van der Waals surface area (Å²) in [6, 6.07) is -0.276. The summed E-state index contributed by atoms with van der Waals surface area (Å²) in [5, 5.41) is 17.1. The fourth-order valence-corrected chi connectivity index (χ4v) is 1.28. The summed E-state index contributed by atoms with van der Waals surface area (Å²) in [5.41, 5.74) is 3.71. The van der Waals surface area contributed by atoms with Gasteiger partial charge in [0.05, 0.1) is 0 Å². The Labute approximate surface area is 92.7 Å². The van der Waals surface area contributed by atoms with E-state index in [0.717, 1.165) is 0 Å². The first kappa shape index (κ1) is 11.9. The molecular weight excluding hydrogens is 173 g/mol. The third-order valence-electron chi connectivity index (χ3n) is 2.04. The van der Waals surface area contributed by atoms with Gasteiger partial charge >= 0.3 is 41.5 Å².